The molecule has 0 aromatic heterocycles. The molecular weight excluding hydrogens is 266 g/mol. The molecule has 0 saturated carbocycles. The topological polar surface area (TPSA) is 12.5 Å². The van der Waals surface area contributed by atoms with Gasteiger partial charge < -0.3 is 9.64 Å². The maximum atomic E-state index is 5.48. The van der Waals surface area contributed by atoms with Crippen LogP contribution in [0.25, 0.3) is 0 Å². The molecule has 1 fully saturated rings. The van der Waals surface area contributed by atoms with Gasteiger partial charge in [-0.15, -0.1) is 0 Å². The van der Waals surface area contributed by atoms with E-state index in [-0.39, 0.29) is 0 Å². The maximum Gasteiger partial charge on any atom is 0.0472 e. The van der Waals surface area contributed by atoms with Crippen molar-refractivity contribution in [2.75, 3.05) is 38.2 Å². The predicted octanol–water partition coefficient (Wildman–Crippen LogP) is 3.30. The van der Waals surface area contributed by atoms with Gasteiger partial charge in [-0.2, -0.15) is 0 Å². The summed E-state index contributed by atoms with van der Waals surface area (Å²) in [6.45, 7) is 10.1. The SMILES string of the molecule is CCCCN(CC)CC1(CBr)CCOCC1. The summed E-state index contributed by atoms with van der Waals surface area (Å²) in [5.74, 6) is 0. The van der Waals surface area contributed by atoms with E-state index < -0.39 is 0 Å². The van der Waals surface area contributed by atoms with Gasteiger partial charge in [0.15, 0.2) is 0 Å². The Bertz CT molecular complexity index is 181. The molecule has 0 N–H and O–H groups in total. The Hall–Kier alpha value is 0.400. The van der Waals surface area contributed by atoms with E-state index in [0.717, 1.165) is 18.5 Å². The number of alkyl halides is 1. The molecule has 0 bridgehead atoms. The van der Waals surface area contributed by atoms with Crippen molar-refractivity contribution < 1.29 is 4.74 Å². The van der Waals surface area contributed by atoms with Crippen LogP contribution in [0.1, 0.15) is 39.5 Å². The van der Waals surface area contributed by atoms with E-state index in [4.69, 9.17) is 4.74 Å². The Labute approximate surface area is 109 Å². The molecule has 1 aliphatic heterocycles. The van der Waals surface area contributed by atoms with Crippen molar-refractivity contribution in [2.45, 2.75) is 39.5 Å². The lowest BCUT2D eigenvalue weighted by Crippen LogP contribution is -2.43. The molecular formula is C13H26BrNO. The fraction of sp³-hybridized carbons (Fsp3) is 1.00. The second-order valence-corrected chi connectivity index (χ2v) is 5.53. The number of ether oxygens (including phenoxy) is 1. The van der Waals surface area contributed by atoms with E-state index in [1.165, 1.54) is 45.3 Å². The fourth-order valence-corrected chi connectivity index (χ4v) is 3.08. The first-order chi connectivity index (χ1) is 7.76. The average Bonchev–Trinajstić information content (AvgIpc) is 2.35. The molecule has 16 heavy (non-hydrogen) atoms. The zero-order valence-corrected chi connectivity index (χ0v) is 12.4. The van der Waals surface area contributed by atoms with Crippen LogP contribution in [0.5, 0.6) is 0 Å². The van der Waals surface area contributed by atoms with Crippen LogP contribution in [-0.2, 0) is 4.74 Å². The Balaban J connectivity index is 2.45. The standard InChI is InChI=1S/C13H26BrNO/c1-3-5-8-15(4-2)12-13(11-14)6-9-16-10-7-13/h3-12H2,1-2H3. The van der Waals surface area contributed by atoms with E-state index in [2.05, 4.69) is 34.7 Å². The highest BCUT2D eigenvalue weighted by atomic mass is 79.9. The molecule has 1 rings (SSSR count). The summed E-state index contributed by atoms with van der Waals surface area (Å²) in [6.07, 6.45) is 5.03. The molecule has 1 saturated heterocycles. The van der Waals surface area contributed by atoms with Crippen molar-refractivity contribution in [3.05, 3.63) is 0 Å². The first-order valence-electron chi connectivity index (χ1n) is 6.62. The van der Waals surface area contributed by atoms with Crippen molar-refractivity contribution in [1.82, 2.24) is 4.90 Å². The lowest BCUT2D eigenvalue weighted by atomic mass is 9.82. The van der Waals surface area contributed by atoms with Crippen LogP contribution in [0.15, 0.2) is 0 Å². The van der Waals surface area contributed by atoms with Crippen LogP contribution >= 0.6 is 15.9 Å². The zero-order chi connectivity index (χ0) is 11.9. The number of rotatable bonds is 7. The van der Waals surface area contributed by atoms with Gasteiger partial charge in [0.25, 0.3) is 0 Å². The van der Waals surface area contributed by atoms with E-state index in [9.17, 15) is 0 Å². The number of hydrogen-bond donors (Lipinski definition) is 0. The zero-order valence-electron chi connectivity index (χ0n) is 10.8. The van der Waals surface area contributed by atoms with Gasteiger partial charge >= 0.3 is 0 Å². The van der Waals surface area contributed by atoms with Gasteiger partial charge in [0.1, 0.15) is 0 Å². The molecule has 96 valence electrons. The molecule has 0 unspecified atom stereocenters. The van der Waals surface area contributed by atoms with Gasteiger partial charge in [-0.3, -0.25) is 0 Å². The average molecular weight is 292 g/mol. The van der Waals surface area contributed by atoms with Crippen molar-refractivity contribution >= 4 is 15.9 Å². The molecule has 0 amide bonds. The van der Waals surface area contributed by atoms with Gasteiger partial charge in [-0.25, -0.2) is 0 Å². The third-order valence-electron chi connectivity index (χ3n) is 3.67. The number of nitrogens with zero attached hydrogens (tertiary/aromatic N) is 1. The smallest absolute Gasteiger partial charge is 0.0472 e. The van der Waals surface area contributed by atoms with Gasteiger partial charge in [0, 0.05) is 25.1 Å². The first kappa shape index (κ1) is 14.5. The van der Waals surface area contributed by atoms with E-state index in [1.807, 2.05) is 0 Å². The highest BCUT2D eigenvalue weighted by Crippen LogP contribution is 2.33. The minimum atomic E-state index is 0.460. The molecule has 0 atom stereocenters. The molecule has 0 spiro atoms. The van der Waals surface area contributed by atoms with E-state index >= 15 is 0 Å². The van der Waals surface area contributed by atoms with Crippen LogP contribution in [0.2, 0.25) is 0 Å². The third kappa shape index (κ3) is 4.34. The largest absolute Gasteiger partial charge is 0.381 e. The fourth-order valence-electron chi connectivity index (χ4n) is 2.34. The van der Waals surface area contributed by atoms with Crippen LogP contribution in [-0.4, -0.2) is 43.1 Å². The van der Waals surface area contributed by atoms with E-state index in [1.54, 1.807) is 0 Å². The van der Waals surface area contributed by atoms with E-state index in [0.29, 0.717) is 5.41 Å². The van der Waals surface area contributed by atoms with Crippen LogP contribution < -0.4 is 0 Å². The number of hydrogen-bond acceptors (Lipinski definition) is 2. The third-order valence-corrected chi connectivity index (χ3v) is 4.86. The minimum absolute atomic E-state index is 0.460. The summed E-state index contributed by atoms with van der Waals surface area (Å²) in [7, 11) is 0. The monoisotopic (exact) mass is 291 g/mol. The molecule has 2 nitrogen and oxygen atoms in total. The molecule has 0 radical (unpaired) electrons. The Morgan fingerprint density at radius 3 is 2.44 bits per heavy atom. The van der Waals surface area contributed by atoms with Crippen molar-refractivity contribution in [2.24, 2.45) is 5.41 Å². The second-order valence-electron chi connectivity index (χ2n) is 4.97. The van der Waals surface area contributed by atoms with Gasteiger partial charge in [0.2, 0.25) is 0 Å². The summed E-state index contributed by atoms with van der Waals surface area (Å²) in [5, 5.41) is 1.12. The normalized spacial score (nSPS) is 20.2. The van der Waals surface area contributed by atoms with Crippen LogP contribution in [0.3, 0.4) is 0 Å². The number of halogens is 1. The Morgan fingerprint density at radius 1 is 1.25 bits per heavy atom. The van der Waals surface area contributed by atoms with Crippen molar-refractivity contribution in [1.29, 1.82) is 0 Å². The summed E-state index contributed by atoms with van der Waals surface area (Å²) < 4.78 is 5.48. The Kier molecular flexibility index (Phi) is 6.94. The Morgan fingerprint density at radius 2 is 1.94 bits per heavy atom. The van der Waals surface area contributed by atoms with Crippen molar-refractivity contribution in [3.63, 3.8) is 0 Å². The molecule has 1 aliphatic rings. The molecule has 0 aromatic rings. The molecule has 3 heteroatoms. The highest BCUT2D eigenvalue weighted by Gasteiger charge is 2.32. The van der Waals surface area contributed by atoms with Gasteiger partial charge in [-0.05, 0) is 37.8 Å². The number of unbranched alkanes of at least 4 members (excludes halogenated alkanes) is 1. The van der Waals surface area contributed by atoms with Crippen LogP contribution in [0.4, 0.5) is 0 Å². The highest BCUT2D eigenvalue weighted by molar-refractivity contribution is 9.09. The second kappa shape index (κ2) is 7.67. The van der Waals surface area contributed by atoms with Crippen LogP contribution in [0, 0.1) is 5.41 Å². The summed E-state index contributed by atoms with van der Waals surface area (Å²) in [4.78, 5) is 2.61. The molecule has 0 aliphatic carbocycles. The lowest BCUT2D eigenvalue weighted by molar-refractivity contribution is 0.00873. The summed E-state index contributed by atoms with van der Waals surface area (Å²) >= 11 is 3.71. The minimum Gasteiger partial charge on any atom is -0.381 e. The maximum absolute atomic E-state index is 5.48. The molecule has 1 heterocycles. The van der Waals surface area contributed by atoms with Gasteiger partial charge in [-0.1, -0.05) is 36.2 Å². The lowest BCUT2D eigenvalue weighted by Gasteiger charge is -2.39. The quantitative estimate of drug-likeness (QED) is 0.668. The predicted molar refractivity (Wildman–Crippen MR) is 73.3 cm³/mol. The van der Waals surface area contributed by atoms with Gasteiger partial charge in [0.05, 0.1) is 0 Å². The first-order valence-corrected chi connectivity index (χ1v) is 7.74. The summed E-state index contributed by atoms with van der Waals surface area (Å²) in [6, 6.07) is 0. The molecule has 0 aromatic carbocycles. The van der Waals surface area contributed by atoms with Crippen molar-refractivity contribution in [3.8, 4) is 0 Å². The summed E-state index contributed by atoms with van der Waals surface area (Å²) in [5.41, 5.74) is 0.460.